The average Bonchev–Trinajstić information content (AvgIpc) is 3.31. The Labute approximate surface area is 248 Å². The van der Waals surface area contributed by atoms with Crippen molar-refractivity contribution in [2.45, 2.75) is 28.5 Å². The van der Waals surface area contributed by atoms with E-state index < -0.39 is 69.0 Å². The van der Waals surface area contributed by atoms with Gasteiger partial charge in [0.05, 0.1) is 31.7 Å². The zero-order valence-corrected chi connectivity index (χ0v) is 23.7. The number of alkyl halides is 2. The van der Waals surface area contributed by atoms with Crippen LogP contribution in [-0.4, -0.2) is 63.7 Å². The molecule has 2 saturated heterocycles. The topological polar surface area (TPSA) is 131 Å². The second-order valence-electron chi connectivity index (χ2n) is 10.7. The van der Waals surface area contributed by atoms with E-state index in [0.717, 1.165) is 24.1 Å². The second kappa shape index (κ2) is 9.53. The summed E-state index contributed by atoms with van der Waals surface area (Å²) in [5.41, 5.74) is 0.870. The quantitative estimate of drug-likeness (QED) is 0.312. The molecule has 2 heterocycles. The van der Waals surface area contributed by atoms with Crippen LogP contribution in [0.15, 0.2) is 54.1 Å². The van der Waals surface area contributed by atoms with Gasteiger partial charge in [0.2, 0.25) is 11.8 Å². The number of amides is 5. The fraction of sp³-hybridized carbons (Fsp3) is 0.345. The van der Waals surface area contributed by atoms with Crippen LogP contribution < -0.4 is 9.64 Å². The lowest BCUT2D eigenvalue weighted by atomic mass is 9.56. The number of methoxy groups -OCH3 is 2. The summed E-state index contributed by atoms with van der Waals surface area (Å²) in [5.74, 6) is -8.04. The number of benzene rings is 2. The van der Waals surface area contributed by atoms with Crippen molar-refractivity contribution in [1.29, 1.82) is 0 Å². The van der Waals surface area contributed by atoms with Gasteiger partial charge in [0.1, 0.15) is 5.82 Å². The fourth-order valence-electron chi connectivity index (χ4n) is 6.92. The number of carbonyl (C=O) groups excluding carboxylic acids is 5. The van der Waals surface area contributed by atoms with Crippen LogP contribution in [0.5, 0.6) is 11.5 Å². The maximum Gasteiger partial charge on any atom is 0.423 e. The molecule has 218 valence electrons. The Balaban J connectivity index is 1.56. The number of imide groups is 4. The fourth-order valence-corrected chi connectivity index (χ4v) is 7.85. The van der Waals surface area contributed by atoms with Crippen molar-refractivity contribution in [2.75, 3.05) is 19.1 Å². The van der Waals surface area contributed by atoms with Gasteiger partial charge in [-0.05, 0) is 60.7 Å². The first kappa shape index (κ1) is 28.2. The van der Waals surface area contributed by atoms with Crippen molar-refractivity contribution >= 4 is 58.6 Å². The lowest BCUT2D eigenvalue weighted by Crippen LogP contribution is -2.60. The Morgan fingerprint density at radius 3 is 2.33 bits per heavy atom. The van der Waals surface area contributed by atoms with Crippen LogP contribution in [0, 0.1) is 23.6 Å². The molecule has 4 aliphatic rings. The van der Waals surface area contributed by atoms with Gasteiger partial charge in [-0.2, -0.15) is 4.90 Å². The summed E-state index contributed by atoms with van der Waals surface area (Å²) in [6, 6.07) is 8.95. The second-order valence-corrected chi connectivity index (χ2v) is 11.9. The Kier molecular flexibility index (Phi) is 6.39. The van der Waals surface area contributed by atoms with Crippen LogP contribution in [-0.2, 0) is 23.9 Å². The highest BCUT2D eigenvalue weighted by atomic mass is 35.5. The van der Waals surface area contributed by atoms with Gasteiger partial charge in [-0.3, -0.25) is 19.2 Å². The third-order valence-corrected chi connectivity index (χ3v) is 10.2. The van der Waals surface area contributed by atoms with E-state index in [0.29, 0.717) is 16.0 Å². The first-order valence-corrected chi connectivity index (χ1v) is 13.7. The highest BCUT2D eigenvalue weighted by Crippen LogP contribution is 2.66. The Morgan fingerprint density at radius 1 is 1.00 bits per heavy atom. The van der Waals surface area contributed by atoms with Crippen molar-refractivity contribution in [1.82, 2.24) is 4.90 Å². The van der Waals surface area contributed by atoms with E-state index in [2.05, 4.69) is 4.74 Å². The summed E-state index contributed by atoms with van der Waals surface area (Å²) in [6.07, 6.45) is 0.304. The third kappa shape index (κ3) is 3.53. The maximum atomic E-state index is 14.3. The number of anilines is 1. The number of likely N-dealkylation sites (tertiary alicyclic amines) is 1. The predicted molar refractivity (Wildman–Crippen MR) is 146 cm³/mol. The highest BCUT2D eigenvalue weighted by molar-refractivity contribution is 6.58. The molecule has 2 aliphatic carbocycles. The van der Waals surface area contributed by atoms with E-state index in [9.17, 15) is 33.5 Å². The summed E-state index contributed by atoms with van der Waals surface area (Å²) in [7, 11) is 2.38. The van der Waals surface area contributed by atoms with E-state index in [1.807, 2.05) is 0 Å². The molecule has 2 aliphatic heterocycles. The molecule has 0 radical (unpaired) electrons. The van der Waals surface area contributed by atoms with E-state index in [4.69, 9.17) is 27.9 Å². The number of hydrogen-bond donors (Lipinski definition) is 1. The number of phenolic OH excluding ortho intramolecular Hbond substituents is 1. The minimum atomic E-state index is -2.15. The van der Waals surface area contributed by atoms with Crippen molar-refractivity contribution in [3.05, 3.63) is 65.5 Å². The van der Waals surface area contributed by atoms with Crippen molar-refractivity contribution in [3.63, 3.8) is 0 Å². The largest absolute Gasteiger partial charge is 0.504 e. The first-order chi connectivity index (χ1) is 19.9. The molecule has 6 atom stereocenters. The number of aromatic hydroxyl groups is 1. The molecule has 42 heavy (non-hydrogen) atoms. The number of halogens is 3. The Bertz CT molecular complexity index is 1610. The molecule has 3 fully saturated rings. The van der Waals surface area contributed by atoms with E-state index in [1.165, 1.54) is 37.4 Å². The molecule has 1 saturated carbocycles. The van der Waals surface area contributed by atoms with Crippen LogP contribution in [0.2, 0.25) is 0 Å². The normalized spacial score (nSPS) is 31.9. The standard InChI is InChI=1S/C29H23Cl2FN2O8/c1-41-20-11-13(3-10-19(20)35)22-16-8-9-17-21(24(37)34(23(17)36)27(40)42-2)18(16)12-28(30)25(38)33(26(39)29(22,28)31)15-6-4-14(32)5-7-15/h3-8,10-11,17-18,21-22,35H,9,12H2,1-2H3. The molecule has 13 heteroatoms. The van der Waals surface area contributed by atoms with Gasteiger partial charge in [0.25, 0.3) is 11.8 Å². The molecule has 6 rings (SSSR count). The van der Waals surface area contributed by atoms with Gasteiger partial charge < -0.3 is 14.6 Å². The number of fused-ring (bicyclic) bond motifs is 4. The SMILES string of the molecule is COC(=O)N1C(=O)C2CC=C3C(CC4(Cl)C(=O)N(c5ccc(F)cc5)C(=O)C4(Cl)C3c3ccc(O)c(OC)c3)C2C1=O. The zero-order chi connectivity index (χ0) is 30.3. The van der Waals surface area contributed by atoms with Gasteiger partial charge in [-0.15, -0.1) is 23.2 Å². The van der Waals surface area contributed by atoms with Gasteiger partial charge in [-0.25, -0.2) is 14.1 Å². The van der Waals surface area contributed by atoms with Crippen molar-refractivity contribution in [2.24, 2.45) is 17.8 Å². The van der Waals surface area contributed by atoms with Crippen molar-refractivity contribution < 1.29 is 42.9 Å². The van der Waals surface area contributed by atoms with Crippen LogP contribution in [0.1, 0.15) is 24.3 Å². The van der Waals surface area contributed by atoms with E-state index >= 15 is 0 Å². The Hall–Kier alpha value is -3.96. The van der Waals surface area contributed by atoms with E-state index in [-0.39, 0.29) is 30.0 Å². The van der Waals surface area contributed by atoms with Gasteiger partial charge >= 0.3 is 6.09 Å². The van der Waals surface area contributed by atoms with Gasteiger partial charge in [0.15, 0.2) is 21.2 Å². The molecule has 0 bridgehead atoms. The van der Waals surface area contributed by atoms with E-state index in [1.54, 1.807) is 6.08 Å². The predicted octanol–water partition coefficient (Wildman–Crippen LogP) is 3.87. The number of nitrogens with zero attached hydrogens (tertiary/aromatic N) is 2. The molecule has 5 amide bonds. The molecule has 1 N–H and O–H groups in total. The molecule has 0 aromatic heterocycles. The first-order valence-electron chi connectivity index (χ1n) is 13.0. The summed E-state index contributed by atoms with van der Waals surface area (Å²) < 4.78 is 23.7. The molecule has 10 nitrogen and oxygen atoms in total. The number of phenols is 1. The third-order valence-electron chi connectivity index (χ3n) is 8.79. The van der Waals surface area contributed by atoms with Crippen molar-refractivity contribution in [3.8, 4) is 11.5 Å². The number of carbonyl (C=O) groups is 5. The lowest BCUT2D eigenvalue weighted by Gasteiger charge is -2.50. The number of rotatable bonds is 3. The molecule has 0 spiro atoms. The summed E-state index contributed by atoms with van der Waals surface area (Å²) >= 11 is 14.5. The monoisotopic (exact) mass is 616 g/mol. The minimum Gasteiger partial charge on any atom is -0.504 e. The summed E-state index contributed by atoms with van der Waals surface area (Å²) in [5, 5.41) is 10.3. The highest BCUT2D eigenvalue weighted by Gasteiger charge is 2.76. The molecule has 2 aromatic carbocycles. The molecule has 6 unspecified atom stereocenters. The summed E-state index contributed by atoms with van der Waals surface area (Å²) in [6.45, 7) is 0. The van der Waals surface area contributed by atoms with Crippen LogP contribution >= 0.6 is 23.2 Å². The maximum absolute atomic E-state index is 14.3. The van der Waals surface area contributed by atoms with Crippen LogP contribution in [0.3, 0.4) is 0 Å². The van der Waals surface area contributed by atoms with Crippen LogP contribution in [0.4, 0.5) is 14.9 Å². The van der Waals surface area contributed by atoms with Crippen LogP contribution in [0.25, 0.3) is 0 Å². The Morgan fingerprint density at radius 2 is 1.69 bits per heavy atom. The number of allylic oxidation sites excluding steroid dienone is 2. The number of hydrogen-bond acceptors (Lipinski definition) is 8. The average molecular weight is 617 g/mol. The molecular formula is C29H23Cl2FN2O8. The number of ether oxygens (including phenoxy) is 2. The lowest BCUT2D eigenvalue weighted by molar-refractivity contribution is -0.138. The molecular weight excluding hydrogens is 594 g/mol. The minimum absolute atomic E-state index is 0.0432. The summed E-state index contributed by atoms with van der Waals surface area (Å²) in [4.78, 5) is 64.5. The smallest absolute Gasteiger partial charge is 0.423 e. The molecule has 2 aromatic rings. The van der Waals surface area contributed by atoms with Gasteiger partial charge in [0, 0.05) is 5.92 Å². The van der Waals surface area contributed by atoms with Gasteiger partial charge in [-0.1, -0.05) is 17.7 Å². The zero-order valence-electron chi connectivity index (χ0n) is 22.2.